The van der Waals surface area contributed by atoms with Crippen molar-refractivity contribution in [3.63, 3.8) is 0 Å². The molecule has 13 heavy (non-hydrogen) atoms. The molecule has 0 aliphatic heterocycles. The number of hydrogen-bond donors (Lipinski definition) is 0. The fraction of sp³-hybridized carbons (Fsp3) is 0.364. The first-order valence-electron chi connectivity index (χ1n) is 4.55. The van der Waals surface area contributed by atoms with Crippen molar-refractivity contribution < 1.29 is 9.21 Å². The number of ketones is 1. The summed E-state index contributed by atoms with van der Waals surface area (Å²) in [5, 5.41) is 0. The van der Waals surface area contributed by atoms with Crippen LogP contribution in [0.2, 0.25) is 0 Å². The summed E-state index contributed by atoms with van der Waals surface area (Å²) < 4.78 is 5.15. The maximum atomic E-state index is 11.5. The lowest BCUT2D eigenvalue weighted by atomic mass is 10.1. The Labute approximate surface area is 77.2 Å². The number of carbonyl (C=O) groups excluding carboxylic acids is 1. The van der Waals surface area contributed by atoms with Crippen LogP contribution in [-0.2, 0) is 4.79 Å². The molecule has 0 spiro atoms. The summed E-state index contributed by atoms with van der Waals surface area (Å²) in [4.78, 5) is 11.5. The first kappa shape index (κ1) is 8.30. The second kappa shape index (κ2) is 3.21. The first-order valence-corrected chi connectivity index (χ1v) is 4.55. The highest BCUT2D eigenvalue weighted by Crippen LogP contribution is 2.27. The molecule has 1 aromatic heterocycles. The van der Waals surface area contributed by atoms with E-state index < -0.39 is 0 Å². The Hall–Kier alpha value is -1.31. The topological polar surface area (TPSA) is 30.2 Å². The van der Waals surface area contributed by atoms with Crippen molar-refractivity contribution in [3.8, 4) is 0 Å². The van der Waals surface area contributed by atoms with Crippen molar-refractivity contribution in [2.75, 3.05) is 0 Å². The minimum atomic E-state index is 0.196. The van der Waals surface area contributed by atoms with Crippen LogP contribution >= 0.6 is 0 Å². The number of Topliss-reactive ketones (excluding diaryl/α,β-unsaturated/α-hetero) is 1. The molecule has 2 nitrogen and oxygen atoms in total. The number of rotatable bonds is 1. The number of allylic oxidation sites excluding steroid dienone is 1. The zero-order valence-electron chi connectivity index (χ0n) is 7.62. The molecule has 0 aromatic carbocycles. The van der Waals surface area contributed by atoms with Crippen molar-refractivity contribution in [1.82, 2.24) is 0 Å². The number of furan rings is 1. The van der Waals surface area contributed by atoms with E-state index in [-0.39, 0.29) is 11.7 Å². The van der Waals surface area contributed by atoms with Crippen molar-refractivity contribution >= 4 is 11.9 Å². The van der Waals surface area contributed by atoms with Crippen LogP contribution in [0, 0.1) is 5.92 Å². The summed E-state index contributed by atoms with van der Waals surface area (Å²) in [7, 11) is 0. The minimum absolute atomic E-state index is 0.196. The molecule has 1 saturated carbocycles. The molecule has 0 bridgehead atoms. The maximum absolute atomic E-state index is 11.5. The molecular formula is C11H12O2. The molecule has 1 atom stereocenters. The van der Waals surface area contributed by atoms with Gasteiger partial charge in [-0.05, 0) is 36.6 Å². The summed E-state index contributed by atoms with van der Waals surface area (Å²) >= 11 is 0. The van der Waals surface area contributed by atoms with E-state index in [1.165, 1.54) is 0 Å². The highest BCUT2D eigenvalue weighted by molar-refractivity contribution is 6.02. The Bertz CT molecular complexity index is 333. The maximum Gasteiger partial charge on any atom is 0.161 e. The van der Waals surface area contributed by atoms with Gasteiger partial charge in [-0.25, -0.2) is 0 Å². The zero-order chi connectivity index (χ0) is 9.26. The molecule has 1 aliphatic carbocycles. The summed E-state index contributed by atoms with van der Waals surface area (Å²) in [6, 6.07) is 3.69. The van der Waals surface area contributed by atoms with E-state index in [2.05, 4.69) is 0 Å². The molecule has 1 unspecified atom stereocenters. The molecule has 2 rings (SSSR count). The van der Waals surface area contributed by atoms with Gasteiger partial charge < -0.3 is 4.42 Å². The van der Waals surface area contributed by atoms with Crippen molar-refractivity contribution in [3.05, 3.63) is 29.7 Å². The fourth-order valence-corrected chi connectivity index (χ4v) is 1.63. The molecule has 1 fully saturated rings. The van der Waals surface area contributed by atoms with Crippen molar-refractivity contribution in [2.45, 2.75) is 19.8 Å². The van der Waals surface area contributed by atoms with E-state index in [1.54, 1.807) is 6.26 Å². The number of carbonyl (C=O) groups is 1. The average Bonchev–Trinajstić information content (AvgIpc) is 2.71. The van der Waals surface area contributed by atoms with E-state index >= 15 is 0 Å². The van der Waals surface area contributed by atoms with E-state index in [4.69, 9.17) is 4.42 Å². The van der Waals surface area contributed by atoms with Gasteiger partial charge in [0.25, 0.3) is 0 Å². The fourth-order valence-electron chi connectivity index (χ4n) is 1.63. The van der Waals surface area contributed by atoms with Gasteiger partial charge in [0.2, 0.25) is 0 Å². The predicted molar refractivity (Wildman–Crippen MR) is 50.1 cm³/mol. The highest BCUT2D eigenvalue weighted by Gasteiger charge is 2.25. The van der Waals surface area contributed by atoms with Crippen LogP contribution in [0.25, 0.3) is 6.08 Å². The molecule has 0 N–H and O–H groups in total. The molecule has 1 heterocycles. The monoisotopic (exact) mass is 176 g/mol. The van der Waals surface area contributed by atoms with Crippen LogP contribution < -0.4 is 0 Å². The first-order chi connectivity index (χ1) is 6.27. The highest BCUT2D eigenvalue weighted by atomic mass is 16.3. The minimum Gasteiger partial charge on any atom is -0.465 e. The predicted octanol–water partition coefficient (Wildman–Crippen LogP) is 2.66. The van der Waals surface area contributed by atoms with Crippen LogP contribution in [0.1, 0.15) is 25.5 Å². The van der Waals surface area contributed by atoms with Gasteiger partial charge in [0.1, 0.15) is 5.76 Å². The third kappa shape index (κ3) is 1.57. The van der Waals surface area contributed by atoms with Crippen molar-refractivity contribution in [1.29, 1.82) is 0 Å². The van der Waals surface area contributed by atoms with Gasteiger partial charge in [-0.15, -0.1) is 0 Å². The molecular weight excluding hydrogens is 164 g/mol. The van der Waals surface area contributed by atoms with Crippen LogP contribution in [0.3, 0.4) is 0 Å². The third-order valence-electron chi connectivity index (χ3n) is 2.47. The normalized spacial score (nSPS) is 25.8. The zero-order valence-corrected chi connectivity index (χ0v) is 7.62. The smallest absolute Gasteiger partial charge is 0.161 e. The molecule has 1 aliphatic rings. The van der Waals surface area contributed by atoms with Gasteiger partial charge in [0, 0.05) is 5.92 Å². The summed E-state index contributed by atoms with van der Waals surface area (Å²) in [5.41, 5.74) is 0.905. The van der Waals surface area contributed by atoms with Crippen LogP contribution in [0.5, 0.6) is 0 Å². The largest absolute Gasteiger partial charge is 0.465 e. The Kier molecular flexibility index (Phi) is 2.05. The van der Waals surface area contributed by atoms with Gasteiger partial charge in [-0.3, -0.25) is 4.79 Å². The Morgan fingerprint density at radius 3 is 3.00 bits per heavy atom. The lowest BCUT2D eigenvalue weighted by Crippen LogP contribution is -2.01. The third-order valence-corrected chi connectivity index (χ3v) is 2.47. The van der Waals surface area contributed by atoms with Crippen LogP contribution in [0.15, 0.2) is 28.4 Å². The quantitative estimate of drug-likeness (QED) is 0.616. The molecule has 0 radical (unpaired) electrons. The Morgan fingerprint density at radius 1 is 1.62 bits per heavy atom. The molecule has 68 valence electrons. The second-order valence-corrected chi connectivity index (χ2v) is 3.49. The standard InChI is InChI=1S/C11H12O2/c1-8-4-5-9(11(8)12)7-10-3-2-6-13-10/h2-3,6-8H,4-5H2,1H3/b9-7+. The molecule has 0 saturated heterocycles. The lowest BCUT2D eigenvalue weighted by Gasteiger charge is -1.94. The summed E-state index contributed by atoms with van der Waals surface area (Å²) in [5.74, 6) is 1.25. The van der Waals surface area contributed by atoms with E-state index in [0.29, 0.717) is 0 Å². The molecule has 2 heteroatoms. The molecule has 0 amide bonds. The second-order valence-electron chi connectivity index (χ2n) is 3.49. The average molecular weight is 176 g/mol. The van der Waals surface area contributed by atoms with Crippen LogP contribution in [0.4, 0.5) is 0 Å². The van der Waals surface area contributed by atoms with Crippen molar-refractivity contribution in [2.24, 2.45) is 5.92 Å². The molecule has 1 aromatic rings. The van der Waals surface area contributed by atoms with Crippen LogP contribution in [-0.4, -0.2) is 5.78 Å². The SMILES string of the molecule is CC1CC/C(=C\c2ccco2)C1=O. The van der Waals surface area contributed by atoms with Gasteiger partial charge >= 0.3 is 0 Å². The summed E-state index contributed by atoms with van der Waals surface area (Å²) in [6.07, 6.45) is 5.34. The Morgan fingerprint density at radius 2 is 2.46 bits per heavy atom. The van der Waals surface area contributed by atoms with Gasteiger partial charge in [0.15, 0.2) is 5.78 Å². The van der Waals surface area contributed by atoms with E-state index in [0.717, 1.165) is 24.2 Å². The number of hydrogen-bond acceptors (Lipinski definition) is 2. The van der Waals surface area contributed by atoms with E-state index in [9.17, 15) is 4.79 Å². The summed E-state index contributed by atoms with van der Waals surface area (Å²) in [6.45, 7) is 1.98. The Balaban J connectivity index is 2.23. The lowest BCUT2D eigenvalue weighted by molar-refractivity contribution is -0.117. The van der Waals surface area contributed by atoms with Gasteiger partial charge in [-0.1, -0.05) is 6.92 Å². The van der Waals surface area contributed by atoms with E-state index in [1.807, 2.05) is 25.1 Å². The van der Waals surface area contributed by atoms with Gasteiger partial charge in [0.05, 0.1) is 6.26 Å². The van der Waals surface area contributed by atoms with Gasteiger partial charge in [-0.2, -0.15) is 0 Å².